The van der Waals surface area contributed by atoms with Crippen LogP contribution in [0, 0.1) is 6.92 Å². The van der Waals surface area contributed by atoms with Crippen LogP contribution in [-0.2, 0) is 22.6 Å². The van der Waals surface area contributed by atoms with E-state index < -0.39 is 9.84 Å². The smallest absolute Gasteiger partial charge is 0.209 e. The van der Waals surface area contributed by atoms with Gasteiger partial charge in [-0.2, -0.15) is 0 Å². The molecule has 1 heterocycles. The molecule has 25 heavy (non-hydrogen) atoms. The summed E-state index contributed by atoms with van der Waals surface area (Å²) >= 11 is 0. The Kier molecular flexibility index (Phi) is 3.99. The van der Waals surface area contributed by atoms with Gasteiger partial charge in [-0.1, -0.05) is 17.7 Å². The molecule has 1 aromatic carbocycles. The first-order chi connectivity index (χ1) is 11.6. The zero-order chi connectivity index (χ0) is 18.5. The fourth-order valence-corrected chi connectivity index (χ4v) is 4.10. The van der Waals surface area contributed by atoms with Crippen molar-refractivity contribution in [2.45, 2.75) is 31.4 Å². The molecule has 3 rings (SSSR count). The first kappa shape index (κ1) is 17.3. The van der Waals surface area contributed by atoms with Gasteiger partial charge in [-0.05, 0) is 32.9 Å². The molecule has 6 nitrogen and oxygen atoms in total. The highest BCUT2D eigenvalue weighted by molar-refractivity contribution is 7.90. The summed E-state index contributed by atoms with van der Waals surface area (Å²) in [4.78, 5) is 29.2. The Morgan fingerprint density at radius 3 is 2.12 bits per heavy atom. The lowest BCUT2D eigenvalue weighted by Gasteiger charge is -2.13. The summed E-state index contributed by atoms with van der Waals surface area (Å²) in [7, 11) is -2.07. The minimum absolute atomic E-state index is 0.0321. The van der Waals surface area contributed by atoms with Gasteiger partial charge in [0.05, 0.1) is 4.90 Å². The maximum Gasteiger partial charge on any atom is 0.209 e. The minimum atomic E-state index is -3.63. The van der Waals surface area contributed by atoms with Crippen molar-refractivity contribution in [3.05, 3.63) is 58.2 Å². The molecule has 2 aromatic rings. The molecule has 0 fully saturated rings. The predicted molar refractivity (Wildman–Crippen MR) is 92.3 cm³/mol. The zero-order valence-electron chi connectivity index (χ0n) is 14.5. The van der Waals surface area contributed by atoms with Crippen LogP contribution in [0.25, 0.3) is 0 Å². The van der Waals surface area contributed by atoms with Crippen LogP contribution in [0.3, 0.4) is 0 Å². The fraction of sp³-hybridized carbons (Fsp3) is 0.278. The molecule has 0 amide bonds. The van der Waals surface area contributed by atoms with Crippen LogP contribution in [0.15, 0.2) is 40.3 Å². The summed E-state index contributed by atoms with van der Waals surface area (Å²) in [5.41, 5.74) is 1.86. The molecule has 0 spiro atoms. The van der Waals surface area contributed by atoms with E-state index in [1.54, 1.807) is 45.2 Å². The first-order valence-electron chi connectivity index (χ1n) is 7.75. The number of aryl methyl sites for hydroxylation is 1. The largest absolute Gasteiger partial charge is 0.327 e. The minimum Gasteiger partial charge on any atom is -0.327 e. The van der Waals surface area contributed by atoms with Gasteiger partial charge in [0.2, 0.25) is 11.6 Å². The fourth-order valence-electron chi connectivity index (χ4n) is 2.79. The summed E-state index contributed by atoms with van der Waals surface area (Å²) < 4.78 is 26.7. The van der Waals surface area contributed by atoms with Crippen LogP contribution in [0.4, 0.5) is 0 Å². The number of imidazole rings is 1. The quantitative estimate of drug-likeness (QED) is 0.841. The average Bonchev–Trinajstić information content (AvgIpc) is 2.88. The van der Waals surface area contributed by atoms with Crippen molar-refractivity contribution in [3.8, 4) is 0 Å². The second kappa shape index (κ2) is 5.77. The highest BCUT2D eigenvalue weighted by atomic mass is 32.2. The summed E-state index contributed by atoms with van der Waals surface area (Å²) in [5.74, 6) is -0.823. The number of aromatic nitrogens is 2. The zero-order valence-corrected chi connectivity index (χ0v) is 15.3. The van der Waals surface area contributed by atoms with E-state index in [0.29, 0.717) is 11.1 Å². The number of allylic oxidation sites excluding steroid dienone is 2. The number of hydrogen-bond acceptors (Lipinski definition) is 5. The van der Waals surface area contributed by atoms with Crippen molar-refractivity contribution < 1.29 is 18.0 Å². The number of rotatable bonds is 3. The molecule has 1 aromatic heterocycles. The topological polar surface area (TPSA) is 86.1 Å². The van der Waals surface area contributed by atoms with Gasteiger partial charge in [0.25, 0.3) is 0 Å². The number of ketones is 2. The Bertz CT molecular complexity index is 1040. The van der Waals surface area contributed by atoms with Gasteiger partial charge in [0.15, 0.2) is 9.84 Å². The Morgan fingerprint density at radius 1 is 0.960 bits per heavy atom. The number of Topliss-reactive ketones (excluding diaryl/α,β-unsaturated/α-hetero) is 2. The van der Waals surface area contributed by atoms with E-state index in [1.807, 2.05) is 6.92 Å². The first-order valence-corrected chi connectivity index (χ1v) is 9.40. The number of carbonyl (C=O) groups excluding carboxylic acids is 2. The second-order valence-electron chi connectivity index (χ2n) is 6.26. The van der Waals surface area contributed by atoms with E-state index in [2.05, 4.69) is 4.98 Å². The number of hydrogen-bond donors (Lipinski definition) is 0. The summed E-state index contributed by atoms with van der Waals surface area (Å²) in [6.07, 6.45) is 0. The van der Waals surface area contributed by atoms with Crippen LogP contribution in [0.2, 0.25) is 0 Å². The molecule has 0 aliphatic heterocycles. The van der Waals surface area contributed by atoms with Gasteiger partial charge in [-0.15, -0.1) is 0 Å². The average molecular weight is 358 g/mol. The number of sulfone groups is 1. The number of nitrogens with zero attached hydrogens (tertiary/aromatic N) is 2. The molecule has 1 aliphatic carbocycles. The Hall–Kier alpha value is -2.54. The molecule has 0 unspecified atom stereocenters. The standard InChI is InChI=1S/C18H18N2O4S/c1-10-5-7-13(8-6-10)25(23,24)9-14-19-15-16(20(14)4)18(22)12(3)11(2)17(15)21/h5-8H,9H2,1-4H3. The highest BCUT2D eigenvalue weighted by Gasteiger charge is 2.34. The van der Waals surface area contributed by atoms with Crippen LogP contribution in [0.1, 0.15) is 46.2 Å². The monoisotopic (exact) mass is 358 g/mol. The Morgan fingerprint density at radius 2 is 1.52 bits per heavy atom. The number of benzene rings is 1. The molecule has 0 bridgehead atoms. The number of carbonyl (C=O) groups is 2. The van der Waals surface area contributed by atoms with Gasteiger partial charge in [-0.25, -0.2) is 13.4 Å². The van der Waals surface area contributed by atoms with Gasteiger partial charge in [0.1, 0.15) is 23.0 Å². The summed E-state index contributed by atoms with van der Waals surface area (Å²) in [6.45, 7) is 5.04. The maximum atomic E-state index is 12.6. The van der Waals surface area contributed by atoms with E-state index in [1.165, 1.54) is 4.57 Å². The lowest BCUT2D eigenvalue weighted by atomic mass is 9.92. The van der Waals surface area contributed by atoms with Gasteiger partial charge in [0, 0.05) is 18.2 Å². The van der Waals surface area contributed by atoms with Crippen LogP contribution < -0.4 is 0 Å². The van der Waals surface area contributed by atoms with E-state index >= 15 is 0 Å². The molecule has 130 valence electrons. The van der Waals surface area contributed by atoms with Gasteiger partial charge >= 0.3 is 0 Å². The van der Waals surface area contributed by atoms with Gasteiger partial charge < -0.3 is 4.57 Å². The van der Waals surface area contributed by atoms with Crippen LogP contribution >= 0.6 is 0 Å². The van der Waals surface area contributed by atoms with Crippen molar-refractivity contribution in [2.75, 3.05) is 0 Å². The summed E-state index contributed by atoms with van der Waals surface area (Å²) in [5, 5.41) is 0. The normalized spacial score (nSPS) is 14.9. The summed E-state index contributed by atoms with van der Waals surface area (Å²) in [6, 6.07) is 6.53. The number of fused-ring (bicyclic) bond motifs is 1. The van der Waals surface area contributed by atoms with Crippen molar-refractivity contribution >= 4 is 21.4 Å². The second-order valence-corrected chi connectivity index (χ2v) is 8.25. The molecular formula is C18H18N2O4S. The molecule has 0 radical (unpaired) electrons. The van der Waals surface area contributed by atoms with Crippen LogP contribution in [0.5, 0.6) is 0 Å². The third-order valence-corrected chi connectivity index (χ3v) is 6.19. The van der Waals surface area contributed by atoms with Crippen LogP contribution in [-0.4, -0.2) is 29.5 Å². The lowest BCUT2D eigenvalue weighted by molar-refractivity contribution is 0.0967. The molecule has 0 saturated carbocycles. The molecule has 7 heteroatoms. The SMILES string of the molecule is CC1=C(C)C(=O)c2c(nc(CS(=O)(=O)c3ccc(C)cc3)n2C)C1=O. The lowest BCUT2D eigenvalue weighted by Crippen LogP contribution is -2.21. The van der Waals surface area contributed by atoms with E-state index in [9.17, 15) is 18.0 Å². The highest BCUT2D eigenvalue weighted by Crippen LogP contribution is 2.27. The van der Waals surface area contributed by atoms with Crippen molar-refractivity contribution in [2.24, 2.45) is 7.05 Å². The van der Waals surface area contributed by atoms with Gasteiger partial charge in [-0.3, -0.25) is 9.59 Å². The van der Waals surface area contributed by atoms with E-state index in [-0.39, 0.29) is 39.4 Å². The van der Waals surface area contributed by atoms with Crippen molar-refractivity contribution in [1.82, 2.24) is 9.55 Å². The van der Waals surface area contributed by atoms with Crippen molar-refractivity contribution in [3.63, 3.8) is 0 Å². The molecule has 1 aliphatic rings. The molecule has 0 N–H and O–H groups in total. The maximum absolute atomic E-state index is 12.6. The van der Waals surface area contributed by atoms with E-state index in [4.69, 9.17) is 0 Å². The molecule has 0 atom stereocenters. The molecular weight excluding hydrogens is 340 g/mol. The third-order valence-electron chi connectivity index (χ3n) is 4.56. The molecule has 0 saturated heterocycles. The third kappa shape index (κ3) is 2.74. The predicted octanol–water partition coefficient (Wildman–Crippen LogP) is 2.42. The van der Waals surface area contributed by atoms with E-state index in [0.717, 1.165) is 5.56 Å². The Labute approximate surface area is 146 Å². The Balaban J connectivity index is 2.04. The van der Waals surface area contributed by atoms with Crippen molar-refractivity contribution in [1.29, 1.82) is 0 Å².